The Morgan fingerprint density at radius 1 is 1.24 bits per heavy atom. The van der Waals surface area contributed by atoms with Gasteiger partial charge in [-0.2, -0.15) is 4.98 Å². The first-order chi connectivity index (χ1) is 10.3. The van der Waals surface area contributed by atoms with E-state index in [2.05, 4.69) is 15.4 Å². The highest BCUT2D eigenvalue weighted by Crippen LogP contribution is 2.09. The van der Waals surface area contributed by atoms with Crippen LogP contribution in [0.2, 0.25) is 0 Å². The average Bonchev–Trinajstić information content (AvgIpc) is 2.85. The van der Waals surface area contributed by atoms with E-state index in [1.807, 2.05) is 30.3 Å². The van der Waals surface area contributed by atoms with Crippen molar-refractivity contribution in [1.29, 1.82) is 0 Å². The van der Waals surface area contributed by atoms with Crippen molar-refractivity contribution in [3.05, 3.63) is 30.3 Å². The number of anilines is 2. The van der Waals surface area contributed by atoms with E-state index in [4.69, 9.17) is 15.2 Å². The lowest BCUT2D eigenvalue weighted by atomic mass is 10.3. The van der Waals surface area contributed by atoms with Crippen LogP contribution in [0.3, 0.4) is 0 Å². The highest BCUT2D eigenvalue weighted by Gasteiger charge is 2.06. The summed E-state index contributed by atoms with van der Waals surface area (Å²) < 4.78 is 12.2. The Morgan fingerprint density at radius 2 is 2.05 bits per heavy atom. The number of para-hydroxylation sites is 1. The van der Waals surface area contributed by atoms with Crippen molar-refractivity contribution >= 4 is 11.9 Å². The standard InChI is InChI=1S/C14H21N5O2/c1-20-11-8-16-14-17-13(15)19(18-14)9-5-10-21-12-6-3-2-4-7-12/h2-4,6-7H,5,8-11H2,1H3,(H3,15,16,17,18). The van der Waals surface area contributed by atoms with Crippen molar-refractivity contribution in [2.75, 3.05) is 37.9 Å². The van der Waals surface area contributed by atoms with Crippen molar-refractivity contribution < 1.29 is 9.47 Å². The van der Waals surface area contributed by atoms with Gasteiger partial charge < -0.3 is 20.5 Å². The molecule has 0 saturated carbocycles. The predicted molar refractivity (Wildman–Crippen MR) is 81.4 cm³/mol. The lowest BCUT2D eigenvalue weighted by Gasteiger charge is -2.06. The number of aromatic nitrogens is 3. The van der Waals surface area contributed by atoms with Crippen LogP contribution in [-0.4, -0.2) is 41.6 Å². The highest BCUT2D eigenvalue weighted by atomic mass is 16.5. The minimum atomic E-state index is 0.398. The Hall–Kier alpha value is -2.28. The fourth-order valence-corrected chi connectivity index (χ4v) is 1.78. The van der Waals surface area contributed by atoms with Crippen LogP contribution in [0, 0.1) is 0 Å². The van der Waals surface area contributed by atoms with Gasteiger partial charge in [-0.3, -0.25) is 0 Å². The predicted octanol–water partition coefficient (Wildman–Crippen LogP) is 1.39. The van der Waals surface area contributed by atoms with E-state index in [9.17, 15) is 0 Å². The zero-order chi connectivity index (χ0) is 14.9. The number of nitrogens with zero attached hydrogens (tertiary/aromatic N) is 3. The molecule has 0 bridgehead atoms. The first-order valence-electron chi connectivity index (χ1n) is 6.90. The van der Waals surface area contributed by atoms with Crippen LogP contribution in [0.5, 0.6) is 5.75 Å². The van der Waals surface area contributed by atoms with Gasteiger partial charge in [0.05, 0.1) is 13.2 Å². The van der Waals surface area contributed by atoms with Crippen molar-refractivity contribution in [3.63, 3.8) is 0 Å². The molecule has 21 heavy (non-hydrogen) atoms. The second-order valence-electron chi connectivity index (χ2n) is 4.45. The molecule has 2 aromatic rings. The van der Waals surface area contributed by atoms with E-state index >= 15 is 0 Å². The Morgan fingerprint density at radius 3 is 2.81 bits per heavy atom. The van der Waals surface area contributed by atoms with Gasteiger partial charge in [-0.05, 0) is 12.1 Å². The maximum Gasteiger partial charge on any atom is 0.244 e. The molecule has 0 spiro atoms. The summed E-state index contributed by atoms with van der Waals surface area (Å²) in [6.45, 7) is 2.52. The van der Waals surface area contributed by atoms with Gasteiger partial charge in [-0.25, -0.2) is 4.68 Å². The van der Waals surface area contributed by atoms with E-state index < -0.39 is 0 Å². The molecule has 0 aliphatic carbocycles. The number of nitrogens with one attached hydrogen (secondary N) is 1. The quantitative estimate of drug-likeness (QED) is 0.679. The van der Waals surface area contributed by atoms with Crippen molar-refractivity contribution in [2.45, 2.75) is 13.0 Å². The van der Waals surface area contributed by atoms with Gasteiger partial charge >= 0.3 is 0 Å². The zero-order valence-corrected chi connectivity index (χ0v) is 12.2. The van der Waals surface area contributed by atoms with E-state index in [0.29, 0.717) is 38.2 Å². The summed E-state index contributed by atoms with van der Waals surface area (Å²) in [7, 11) is 1.65. The molecule has 0 fully saturated rings. The van der Waals surface area contributed by atoms with Crippen LogP contribution in [0.15, 0.2) is 30.3 Å². The number of ether oxygens (including phenoxy) is 2. The van der Waals surface area contributed by atoms with E-state index in [1.165, 1.54) is 0 Å². The van der Waals surface area contributed by atoms with E-state index in [-0.39, 0.29) is 0 Å². The molecule has 0 radical (unpaired) electrons. The zero-order valence-electron chi connectivity index (χ0n) is 12.2. The Labute approximate surface area is 124 Å². The molecule has 3 N–H and O–H groups in total. The molecule has 1 heterocycles. The number of aryl methyl sites for hydroxylation is 1. The fourth-order valence-electron chi connectivity index (χ4n) is 1.78. The summed E-state index contributed by atoms with van der Waals surface area (Å²) in [5, 5.41) is 7.33. The van der Waals surface area contributed by atoms with Gasteiger partial charge in [0.15, 0.2) is 0 Å². The second-order valence-corrected chi connectivity index (χ2v) is 4.45. The van der Waals surface area contributed by atoms with Gasteiger partial charge in [0.2, 0.25) is 11.9 Å². The lowest BCUT2D eigenvalue weighted by Crippen LogP contribution is -2.10. The van der Waals surface area contributed by atoms with Crippen molar-refractivity contribution in [1.82, 2.24) is 14.8 Å². The number of nitrogen functional groups attached to an aromatic ring is 1. The monoisotopic (exact) mass is 291 g/mol. The largest absolute Gasteiger partial charge is 0.494 e. The summed E-state index contributed by atoms with van der Waals surface area (Å²) in [6.07, 6.45) is 0.806. The molecule has 1 aromatic carbocycles. The van der Waals surface area contributed by atoms with Crippen LogP contribution >= 0.6 is 0 Å². The number of nitrogens with two attached hydrogens (primary N) is 1. The lowest BCUT2D eigenvalue weighted by molar-refractivity contribution is 0.210. The van der Waals surface area contributed by atoms with Gasteiger partial charge in [0.1, 0.15) is 5.75 Å². The average molecular weight is 291 g/mol. The molecule has 0 amide bonds. The number of benzene rings is 1. The van der Waals surface area contributed by atoms with Crippen molar-refractivity contribution in [2.24, 2.45) is 0 Å². The number of rotatable bonds is 9. The van der Waals surface area contributed by atoms with Gasteiger partial charge in [-0.1, -0.05) is 18.2 Å². The minimum absolute atomic E-state index is 0.398. The summed E-state index contributed by atoms with van der Waals surface area (Å²) in [5.74, 6) is 1.79. The second kappa shape index (κ2) is 8.11. The maximum atomic E-state index is 5.82. The summed E-state index contributed by atoms with van der Waals surface area (Å²) >= 11 is 0. The molecule has 7 nitrogen and oxygen atoms in total. The van der Waals surface area contributed by atoms with Crippen LogP contribution in [0.4, 0.5) is 11.9 Å². The summed E-state index contributed by atoms with van der Waals surface area (Å²) in [6, 6.07) is 9.72. The van der Waals surface area contributed by atoms with Crippen LogP contribution in [-0.2, 0) is 11.3 Å². The number of hydrogen-bond acceptors (Lipinski definition) is 6. The normalized spacial score (nSPS) is 10.5. The molecular formula is C14H21N5O2. The molecule has 2 rings (SSSR count). The van der Waals surface area contributed by atoms with E-state index in [1.54, 1.807) is 11.8 Å². The maximum absolute atomic E-state index is 5.82. The van der Waals surface area contributed by atoms with Crippen molar-refractivity contribution in [3.8, 4) is 5.75 Å². The molecule has 0 aliphatic heterocycles. The van der Waals surface area contributed by atoms with Gasteiger partial charge in [0, 0.05) is 26.6 Å². The molecular weight excluding hydrogens is 270 g/mol. The molecule has 7 heteroatoms. The SMILES string of the molecule is COCCNc1nc(N)n(CCCOc2ccccc2)n1. The summed E-state index contributed by atoms with van der Waals surface area (Å²) in [5.41, 5.74) is 5.82. The minimum Gasteiger partial charge on any atom is -0.494 e. The van der Waals surface area contributed by atoms with Gasteiger partial charge in [-0.15, -0.1) is 5.10 Å². The third-order valence-electron chi connectivity index (χ3n) is 2.82. The number of methoxy groups -OCH3 is 1. The van der Waals surface area contributed by atoms with Crippen LogP contribution in [0.25, 0.3) is 0 Å². The molecule has 114 valence electrons. The smallest absolute Gasteiger partial charge is 0.244 e. The fraction of sp³-hybridized carbons (Fsp3) is 0.429. The highest BCUT2D eigenvalue weighted by molar-refractivity contribution is 5.31. The van der Waals surface area contributed by atoms with Gasteiger partial charge in [0.25, 0.3) is 0 Å². The van der Waals surface area contributed by atoms with E-state index in [0.717, 1.165) is 12.2 Å². The Kier molecular flexibility index (Phi) is 5.83. The van der Waals surface area contributed by atoms with Crippen LogP contribution < -0.4 is 15.8 Å². The first-order valence-corrected chi connectivity index (χ1v) is 6.90. The molecule has 0 unspecified atom stereocenters. The first kappa shape index (κ1) is 15.1. The molecule has 0 saturated heterocycles. The Bertz CT molecular complexity index is 529. The third kappa shape index (κ3) is 4.96. The molecule has 0 aliphatic rings. The third-order valence-corrected chi connectivity index (χ3v) is 2.82. The van der Waals surface area contributed by atoms with Crippen LogP contribution in [0.1, 0.15) is 6.42 Å². The topological polar surface area (TPSA) is 87.2 Å². The Balaban J connectivity index is 1.72. The molecule has 1 aromatic heterocycles. The summed E-state index contributed by atoms with van der Waals surface area (Å²) in [4.78, 5) is 4.14. The molecule has 0 atom stereocenters. The number of hydrogen-bond donors (Lipinski definition) is 2.